The second-order valence-electron chi connectivity index (χ2n) is 8.62. The van der Waals surface area contributed by atoms with Gasteiger partial charge in [0.2, 0.25) is 0 Å². The van der Waals surface area contributed by atoms with Crippen LogP contribution in [0.25, 0.3) is 10.8 Å². The van der Waals surface area contributed by atoms with Crippen LogP contribution in [0.15, 0.2) is 79.0 Å². The summed E-state index contributed by atoms with van der Waals surface area (Å²) in [5.41, 5.74) is 5.22. The predicted molar refractivity (Wildman–Crippen MR) is 133 cm³/mol. The second-order valence-corrected chi connectivity index (χ2v) is 9.05. The molecule has 33 heavy (non-hydrogen) atoms. The maximum Gasteiger partial charge on any atom is 0.0994 e. The van der Waals surface area contributed by atoms with Gasteiger partial charge in [-0.1, -0.05) is 60.1 Å². The van der Waals surface area contributed by atoms with Gasteiger partial charge in [-0.25, -0.2) is 0 Å². The minimum absolute atomic E-state index is 0.180. The average molecular weight is 453 g/mol. The highest BCUT2D eigenvalue weighted by molar-refractivity contribution is 6.30. The van der Waals surface area contributed by atoms with E-state index in [4.69, 9.17) is 11.6 Å². The lowest BCUT2D eigenvalue weighted by Gasteiger charge is -2.17. The summed E-state index contributed by atoms with van der Waals surface area (Å²) in [5, 5.41) is 20.1. The summed E-state index contributed by atoms with van der Waals surface area (Å²) in [7, 11) is 0. The maximum atomic E-state index is 9.71. The van der Waals surface area contributed by atoms with Gasteiger partial charge in [-0.15, -0.1) is 0 Å². The number of hydrogen-bond donors (Lipinski definition) is 2. The molecular formula is C28H25ClN4. The summed E-state index contributed by atoms with van der Waals surface area (Å²) in [6.45, 7) is 0.881. The van der Waals surface area contributed by atoms with Crippen LogP contribution < -0.4 is 10.6 Å². The lowest BCUT2D eigenvalue weighted by molar-refractivity contribution is 0.511. The minimum atomic E-state index is 0.180. The monoisotopic (exact) mass is 452 g/mol. The molecule has 3 aromatic carbocycles. The third-order valence-electron chi connectivity index (χ3n) is 6.28. The number of pyridine rings is 1. The number of halogens is 1. The van der Waals surface area contributed by atoms with Crippen molar-refractivity contribution in [3.05, 3.63) is 112 Å². The Morgan fingerprint density at radius 2 is 1.82 bits per heavy atom. The number of aromatic nitrogens is 1. The van der Waals surface area contributed by atoms with E-state index in [9.17, 15) is 5.26 Å². The first kappa shape index (κ1) is 21.6. The van der Waals surface area contributed by atoms with Crippen LogP contribution in [0.4, 0.5) is 0 Å². The Hall–Kier alpha value is -3.23. The number of rotatable bonds is 6. The number of hydrogen-bond acceptors (Lipinski definition) is 4. The van der Waals surface area contributed by atoms with Crippen LogP contribution in [0.5, 0.6) is 0 Å². The first-order chi connectivity index (χ1) is 16.2. The van der Waals surface area contributed by atoms with Gasteiger partial charge in [-0.2, -0.15) is 5.26 Å². The SMILES string of the molecule is N#Cc1cccc(C[C@H]2CNC(Cc3cc4ccccc4cn3)N2)c1Cc1cccc(Cl)c1. The summed E-state index contributed by atoms with van der Waals surface area (Å²) < 4.78 is 0. The third-order valence-corrected chi connectivity index (χ3v) is 6.51. The van der Waals surface area contributed by atoms with E-state index in [0.29, 0.717) is 12.5 Å². The van der Waals surface area contributed by atoms with Crippen molar-refractivity contribution < 1.29 is 0 Å². The Bertz CT molecular complexity index is 1330. The van der Waals surface area contributed by atoms with Gasteiger partial charge in [0, 0.05) is 41.3 Å². The van der Waals surface area contributed by atoms with Gasteiger partial charge < -0.3 is 5.32 Å². The molecular weight excluding hydrogens is 428 g/mol. The van der Waals surface area contributed by atoms with Crippen molar-refractivity contribution in [1.82, 2.24) is 15.6 Å². The number of fused-ring (bicyclic) bond motifs is 1. The van der Waals surface area contributed by atoms with Crippen molar-refractivity contribution in [2.45, 2.75) is 31.5 Å². The number of benzene rings is 3. The van der Waals surface area contributed by atoms with Gasteiger partial charge in [-0.3, -0.25) is 10.3 Å². The van der Waals surface area contributed by atoms with E-state index >= 15 is 0 Å². The first-order valence-electron chi connectivity index (χ1n) is 11.3. The van der Waals surface area contributed by atoms with Gasteiger partial charge in [-0.05, 0) is 59.2 Å². The fourth-order valence-electron chi connectivity index (χ4n) is 4.65. The summed E-state index contributed by atoms with van der Waals surface area (Å²) in [6, 6.07) is 27.0. The molecule has 0 radical (unpaired) electrons. The molecule has 0 spiro atoms. The van der Waals surface area contributed by atoms with E-state index in [2.05, 4.69) is 58.1 Å². The first-order valence-corrected chi connectivity index (χ1v) is 11.6. The summed E-state index contributed by atoms with van der Waals surface area (Å²) >= 11 is 6.19. The van der Waals surface area contributed by atoms with Crippen LogP contribution in [0.1, 0.15) is 27.9 Å². The molecule has 1 aliphatic heterocycles. The fraction of sp³-hybridized carbons (Fsp3) is 0.214. The molecule has 1 fully saturated rings. The van der Waals surface area contributed by atoms with E-state index in [1.54, 1.807) is 0 Å². The molecule has 1 aromatic heterocycles. The molecule has 2 N–H and O–H groups in total. The Labute approximate surface area is 199 Å². The molecule has 1 aliphatic rings. The highest BCUT2D eigenvalue weighted by atomic mass is 35.5. The minimum Gasteiger partial charge on any atom is -0.300 e. The molecule has 2 heterocycles. The van der Waals surface area contributed by atoms with Crippen LogP contribution in [-0.2, 0) is 19.3 Å². The van der Waals surface area contributed by atoms with Crippen molar-refractivity contribution >= 4 is 22.4 Å². The van der Waals surface area contributed by atoms with Crippen LogP contribution in [-0.4, -0.2) is 23.7 Å². The zero-order valence-corrected chi connectivity index (χ0v) is 19.0. The summed E-state index contributed by atoms with van der Waals surface area (Å²) in [5.74, 6) is 0. The molecule has 2 atom stereocenters. The van der Waals surface area contributed by atoms with E-state index < -0.39 is 0 Å². The van der Waals surface area contributed by atoms with Gasteiger partial charge in [0.15, 0.2) is 0 Å². The van der Waals surface area contributed by atoms with Gasteiger partial charge in [0.25, 0.3) is 0 Å². The van der Waals surface area contributed by atoms with E-state index in [1.807, 2.05) is 42.6 Å². The Morgan fingerprint density at radius 1 is 0.970 bits per heavy atom. The molecule has 5 heteroatoms. The Kier molecular flexibility index (Phi) is 6.37. The molecule has 4 aromatic rings. The van der Waals surface area contributed by atoms with Crippen molar-refractivity contribution in [1.29, 1.82) is 5.26 Å². The lowest BCUT2D eigenvalue weighted by atomic mass is 9.92. The normalized spacial score (nSPS) is 17.8. The lowest BCUT2D eigenvalue weighted by Crippen LogP contribution is -2.36. The highest BCUT2D eigenvalue weighted by Crippen LogP contribution is 2.23. The zero-order chi connectivity index (χ0) is 22.6. The third kappa shape index (κ3) is 5.07. The zero-order valence-electron chi connectivity index (χ0n) is 18.3. The van der Waals surface area contributed by atoms with Crippen LogP contribution in [0.2, 0.25) is 5.02 Å². The molecule has 0 saturated carbocycles. The van der Waals surface area contributed by atoms with Crippen LogP contribution in [0, 0.1) is 11.3 Å². The van der Waals surface area contributed by atoms with E-state index in [-0.39, 0.29) is 6.17 Å². The smallest absolute Gasteiger partial charge is 0.0994 e. The average Bonchev–Trinajstić information content (AvgIpc) is 3.26. The van der Waals surface area contributed by atoms with Gasteiger partial charge >= 0.3 is 0 Å². The largest absolute Gasteiger partial charge is 0.300 e. The second kappa shape index (κ2) is 9.72. The van der Waals surface area contributed by atoms with Crippen molar-refractivity contribution in [3.63, 3.8) is 0 Å². The number of nitrogens with zero attached hydrogens (tertiary/aromatic N) is 2. The van der Waals surface area contributed by atoms with Gasteiger partial charge in [0.05, 0.1) is 17.8 Å². The van der Waals surface area contributed by atoms with E-state index in [1.165, 1.54) is 10.9 Å². The Morgan fingerprint density at radius 3 is 2.67 bits per heavy atom. The predicted octanol–water partition coefficient (Wildman–Crippen LogP) is 5.02. The van der Waals surface area contributed by atoms with Crippen molar-refractivity contribution in [2.24, 2.45) is 0 Å². The number of nitrogens with one attached hydrogen (secondary N) is 2. The fourth-order valence-corrected chi connectivity index (χ4v) is 4.87. The quantitative estimate of drug-likeness (QED) is 0.431. The molecule has 0 bridgehead atoms. The number of nitriles is 1. The van der Waals surface area contributed by atoms with Gasteiger partial charge in [0.1, 0.15) is 0 Å². The van der Waals surface area contributed by atoms with Crippen LogP contribution >= 0.6 is 11.6 Å². The highest BCUT2D eigenvalue weighted by Gasteiger charge is 2.25. The standard InChI is InChI=1S/C28H25ClN4/c29-24-10-3-5-19(11-24)12-27-21(8-4-9-22(27)16-30)14-26-18-32-28(33-26)15-25-13-20-6-1-2-7-23(20)17-31-25/h1-11,13,17,26,28,32-33H,12,14-15,18H2/t26-,28?/m0/s1. The van der Waals surface area contributed by atoms with E-state index in [0.717, 1.165) is 52.2 Å². The summed E-state index contributed by atoms with van der Waals surface area (Å²) in [4.78, 5) is 4.64. The molecule has 0 amide bonds. The van der Waals surface area contributed by atoms with Crippen LogP contribution in [0.3, 0.4) is 0 Å². The molecule has 164 valence electrons. The molecule has 1 unspecified atom stereocenters. The maximum absolute atomic E-state index is 9.71. The molecule has 1 saturated heterocycles. The van der Waals surface area contributed by atoms with Crippen molar-refractivity contribution in [2.75, 3.05) is 6.54 Å². The summed E-state index contributed by atoms with van der Waals surface area (Å²) in [6.07, 6.45) is 4.52. The Balaban J connectivity index is 1.29. The molecule has 4 nitrogen and oxygen atoms in total. The topological polar surface area (TPSA) is 60.7 Å². The molecule has 5 rings (SSSR count). The molecule has 0 aliphatic carbocycles. The van der Waals surface area contributed by atoms with Crippen molar-refractivity contribution in [3.8, 4) is 6.07 Å².